The van der Waals surface area contributed by atoms with Crippen LogP contribution >= 0.6 is 11.8 Å². The number of hydrogen-bond donors (Lipinski definition) is 2. The highest BCUT2D eigenvalue weighted by Crippen LogP contribution is 2.19. The van der Waals surface area contributed by atoms with Gasteiger partial charge in [0.05, 0.1) is 19.4 Å². The lowest BCUT2D eigenvalue weighted by molar-refractivity contribution is -0.113. The number of nitrogens with one attached hydrogen (secondary N) is 2. The molecule has 1 amide bonds. The van der Waals surface area contributed by atoms with E-state index in [1.165, 1.54) is 17.3 Å². The van der Waals surface area contributed by atoms with Gasteiger partial charge in [0.15, 0.2) is 0 Å². The van der Waals surface area contributed by atoms with Crippen molar-refractivity contribution >= 4 is 29.0 Å². The van der Waals surface area contributed by atoms with E-state index in [0.29, 0.717) is 17.7 Å². The Kier molecular flexibility index (Phi) is 6.54. The van der Waals surface area contributed by atoms with Gasteiger partial charge in [-0.05, 0) is 61.4 Å². The zero-order valence-electron chi connectivity index (χ0n) is 16.0. The number of aryl methyl sites for hydroxylation is 2. The van der Waals surface area contributed by atoms with Crippen LogP contribution < -0.4 is 15.4 Å². The van der Waals surface area contributed by atoms with E-state index >= 15 is 0 Å². The summed E-state index contributed by atoms with van der Waals surface area (Å²) in [5.41, 5.74) is 4.02. The molecule has 0 saturated carbocycles. The number of amides is 1. The number of thioether (sulfide) groups is 1. The normalized spacial score (nSPS) is 10.5. The van der Waals surface area contributed by atoms with Crippen LogP contribution in [-0.4, -0.2) is 29.0 Å². The van der Waals surface area contributed by atoms with Gasteiger partial charge in [-0.15, -0.1) is 10.2 Å². The molecule has 0 aliphatic heterocycles. The first-order valence-corrected chi connectivity index (χ1v) is 9.72. The summed E-state index contributed by atoms with van der Waals surface area (Å²) in [5.74, 6) is 1.32. The molecule has 3 rings (SSSR count). The molecule has 0 unspecified atom stereocenters. The van der Waals surface area contributed by atoms with Crippen molar-refractivity contribution < 1.29 is 13.9 Å². The minimum absolute atomic E-state index is 0.121. The Morgan fingerprint density at radius 3 is 2.54 bits per heavy atom. The van der Waals surface area contributed by atoms with Crippen LogP contribution in [0.4, 0.5) is 11.4 Å². The zero-order valence-corrected chi connectivity index (χ0v) is 16.8. The summed E-state index contributed by atoms with van der Waals surface area (Å²) in [6.07, 6.45) is 0. The van der Waals surface area contributed by atoms with E-state index in [1.54, 1.807) is 7.11 Å². The molecule has 2 N–H and O–H groups in total. The highest BCUT2D eigenvalue weighted by molar-refractivity contribution is 7.99. The average molecular weight is 398 g/mol. The van der Waals surface area contributed by atoms with Crippen LogP contribution in [0.1, 0.15) is 17.0 Å². The summed E-state index contributed by atoms with van der Waals surface area (Å²) in [4.78, 5) is 12.1. The van der Waals surface area contributed by atoms with Crippen LogP contribution in [0.3, 0.4) is 0 Å². The van der Waals surface area contributed by atoms with Gasteiger partial charge in [0.1, 0.15) is 5.75 Å². The molecule has 0 radical (unpaired) electrons. The Balaban J connectivity index is 1.45. The summed E-state index contributed by atoms with van der Waals surface area (Å²) in [5, 5.41) is 14.4. The second-order valence-corrected chi connectivity index (χ2v) is 7.11. The average Bonchev–Trinajstić information content (AvgIpc) is 3.16. The Morgan fingerprint density at radius 1 is 1.07 bits per heavy atom. The van der Waals surface area contributed by atoms with Gasteiger partial charge in [-0.3, -0.25) is 4.79 Å². The highest BCUT2D eigenvalue weighted by atomic mass is 32.2. The van der Waals surface area contributed by atoms with Gasteiger partial charge in [0.25, 0.3) is 5.22 Å². The molecular weight excluding hydrogens is 376 g/mol. The Bertz CT molecular complexity index is 941. The second-order valence-electron chi connectivity index (χ2n) is 6.18. The molecule has 0 fully saturated rings. The van der Waals surface area contributed by atoms with E-state index in [4.69, 9.17) is 9.15 Å². The molecule has 1 heterocycles. The molecule has 7 nitrogen and oxygen atoms in total. The van der Waals surface area contributed by atoms with E-state index in [0.717, 1.165) is 22.7 Å². The molecule has 1 aromatic heterocycles. The third kappa shape index (κ3) is 5.50. The third-order valence-electron chi connectivity index (χ3n) is 4.10. The lowest BCUT2D eigenvalue weighted by atomic mass is 10.1. The fraction of sp³-hybridized carbons (Fsp3) is 0.250. The summed E-state index contributed by atoms with van der Waals surface area (Å²) in [7, 11) is 1.63. The van der Waals surface area contributed by atoms with Gasteiger partial charge < -0.3 is 19.8 Å². The maximum absolute atomic E-state index is 12.1. The largest absolute Gasteiger partial charge is 0.497 e. The van der Waals surface area contributed by atoms with Crippen molar-refractivity contribution in [1.29, 1.82) is 0 Å². The van der Waals surface area contributed by atoms with E-state index in [1.807, 2.05) is 56.3 Å². The van der Waals surface area contributed by atoms with Gasteiger partial charge in [0.2, 0.25) is 11.8 Å². The lowest BCUT2D eigenvalue weighted by Crippen LogP contribution is -2.14. The molecule has 0 spiro atoms. The van der Waals surface area contributed by atoms with Crippen LogP contribution in [0.25, 0.3) is 0 Å². The van der Waals surface area contributed by atoms with Crippen molar-refractivity contribution in [2.45, 2.75) is 25.6 Å². The van der Waals surface area contributed by atoms with E-state index < -0.39 is 0 Å². The molecule has 8 heteroatoms. The van der Waals surface area contributed by atoms with Crippen molar-refractivity contribution in [2.75, 3.05) is 23.5 Å². The van der Waals surface area contributed by atoms with Crippen LogP contribution in [0.15, 0.2) is 52.1 Å². The topological polar surface area (TPSA) is 89.3 Å². The fourth-order valence-electron chi connectivity index (χ4n) is 2.40. The molecule has 0 atom stereocenters. The third-order valence-corrected chi connectivity index (χ3v) is 4.92. The van der Waals surface area contributed by atoms with Crippen molar-refractivity contribution in [2.24, 2.45) is 0 Å². The Morgan fingerprint density at radius 2 is 1.82 bits per heavy atom. The molecular formula is C20H22N4O3S. The minimum atomic E-state index is -0.121. The zero-order chi connectivity index (χ0) is 19.9. The molecule has 2 aromatic carbocycles. The van der Waals surface area contributed by atoms with Crippen LogP contribution in [0, 0.1) is 13.8 Å². The molecule has 0 aliphatic carbocycles. The van der Waals surface area contributed by atoms with Crippen LogP contribution in [-0.2, 0) is 11.3 Å². The number of ether oxygens (including phenoxy) is 1. The summed E-state index contributed by atoms with van der Waals surface area (Å²) < 4.78 is 10.7. The highest BCUT2D eigenvalue weighted by Gasteiger charge is 2.10. The number of rotatable bonds is 8. The number of benzene rings is 2. The second kappa shape index (κ2) is 9.27. The van der Waals surface area contributed by atoms with E-state index in [9.17, 15) is 4.79 Å². The van der Waals surface area contributed by atoms with E-state index in [2.05, 4.69) is 20.8 Å². The summed E-state index contributed by atoms with van der Waals surface area (Å²) >= 11 is 1.21. The molecule has 3 aromatic rings. The molecule has 146 valence electrons. The monoisotopic (exact) mass is 398 g/mol. The van der Waals surface area contributed by atoms with Gasteiger partial charge in [-0.1, -0.05) is 17.8 Å². The number of anilines is 2. The van der Waals surface area contributed by atoms with Crippen LogP contribution in [0.5, 0.6) is 5.75 Å². The first-order valence-electron chi connectivity index (χ1n) is 8.73. The van der Waals surface area contributed by atoms with Gasteiger partial charge in [-0.25, -0.2) is 0 Å². The molecule has 28 heavy (non-hydrogen) atoms. The van der Waals surface area contributed by atoms with Crippen molar-refractivity contribution in [3.8, 4) is 5.75 Å². The van der Waals surface area contributed by atoms with Crippen molar-refractivity contribution in [3.63, 3.8) is 0 Å². The minimum Gasteiger partial charge on any atom is -0.497 e. The number of hydrogen-bond acceptors (Lipinski definition) is 7. The molecule has 0 bridgehead atoms. The number of nitrogens with zero attached hydrogens (tertiary/aromatic N) is 2. The van der Waals surface area contributed by atoms with Gasteiger partial charge in [-0.2, -0.15) is 0 Å². The predicted octanol–water partition coefficient (Wildman–Crippen LogP) is 4.04. The summed E-state index contributed by atoms with van der Waals surface area (Å²) in [6, 6.07) is 13.4. The SMILES string of the molecule is COc1ccc(NCc2nnc(SCC(=O)Nc3ccc(C)c(C)c3)o2)cc1. The maximum atomic E-state index is 12.1. The fourth-order valence-corrected chi connectivity index (χ4v) is 2.98. The first kappa shape index (κ1) is 19.8. The lowest BCUT2D eigenvalue weighted by Gasteiger charge is -2.06. The van der Waals surface area contributed by atoms with Crippen molar-refractivity contribution in [3.05, 3.63) is 59.5 Å². The van der Waals surface area contributed by atoms with Gasteiger partial charge >= 0.3 is 0 Å². The molecule has 0 aliphatic rings. The first-order chi connectivity index (χ1) is 13.5. The summed E-state index contributed by atoms with van der Waals surface area (Å²) in [6.45, 7) is 4.45. The van der Waals surface area contributed by atoms with Crippen molar-refractivity contribution in [1.82, 2.24) is 10.2 Å². The standard InChI is InChI=1S/C20H22N4O3S/c1-13-4-5-16(10-14(13)2)22-18(25)12-28-20-24-23-19(27-20)11-21-15-6-8-17(26-3)9-7-15/h4-10,21H,11-12H2,1-3H3,(H,22,25). The predicted molar refractivity (Wildman–Crippen MR) is 110 cm³/mol. The van der Waals surface area contributed by atoms with E-state index in [-0.39, 0.29) is 11.7 Å². The number of carbonyl (C=O) groups is 1. The van der Waals surface area contributed by atoms with Gasteiger partial charge in [0, 0.05) is 11.4 Å². The number of carbonyl (C=O) groups excluding carboxylic acids is 1. The van der Waals surface area contributed by atoms with Crippen LogP contribution in [0.2, 0.25) is 0 Å². The smallest absolute Gasteiger partial charge is 0.277 e. The maximum Gasteiger partial charge on any atom is 0.277 e. The molecule has 0 saturated heterocycles. The Labute approximate surface area is 167 Å². The Hall–Kier alpha value is -3.00. The quantitative estimate of drug-likeness (QED) is 0.554. The number of methoxy groups -OCH3 is 1. The number of aromatic nitrogens is 2.